The third-order valence-corrected chi connectivity index (χ3v) is 4.90. The minimum atomic E-state index is -0.702. The lowest BCUT2D eigenvalue weighted by Gasteiger charge is -2.32. The Bertz CT molecular complexity index is 370. The number of hydrogen-bond donors (Lipinski definition) is 1. The fourth-order valence-electron chi connectivity index (χ4n) is 3.38. The van der Waals surface area contributed by atoms with E-state index in [0.29, 0.717) is 6.54 Å². The van der Waals surface area contributed by atoms with Gasteiger partial charge in [0.1, 0.15) is 0 Å². The monoisotopic (exact) mass is 332 g/mol. The number of carbonyl (C=O) groups excluding carboxylic acids is 1. The molecule has 0 saturated carbocycles. The van der Waals surface area contributed by atoms with Crippen molar-refractivity contribution in [2.24, 2.45) is 11.8 Å². The molecule has 2 saturated heterocycles. The first kappa shape index (κ1) is 19.2. The number of carbonyl (C=O) groups is 2. The summed E-state index contributed by atoms with van der Waals surface area (Å²) in [5.74, 6) is 0.563. The van der Waals surface area contributed by atoms with Crippen molar-refractivity contribution >= 4 is 24.3 Å². The van der Waals surface area contributed by atoms with Gasteiger partial charge in [0.2, 0.25) is 5.91 Å². The zero-order chi connectivity index (χ0) is 15.2. The first-order valence-corrected chi connectivity index (χ1v) is 8.26. The number of hydrogen-bond acceptors (Lipinski definition) is 3. The van der Waals surface area contributed by atoms with Crippen molar-refractivity contribution in [1.82, 2.24) is 9.80 Å². The van der Waals surface area contributed by atoms with E-state index in [1.165, 1.54) is 0 Å². The molecule has 0 aromatic heterocycles. The Kier molecular flexibility index (Phi) is 8.18. The van der Waals surface area contributed by atoms with Crippen LogP contribution >= 0.6 is 12.4 Å². The molecule has 1 unspecified atom stereocenters. The van der Waals surface area contributed by atoms with Gasteiger partial charge in [0.05, 0.1) is 6.54 Å². The van der Waals surface area contributed by atoms with Gasteiger partial charge in [-0.1, -0.05) is 6.92 Å². The molecule has 1 atom stereocenters. The molecule has 1 amide bonds. The molecular formula is C16H29ClN2O3. The second-order valence-electron chi connectivity index (χ2n) is 6.73. The van der Waals surface area contributed by atoms with Crippen molar-refractivity contribution in [3.63, 3.8) is 0 Å². The van der Waals surface area contributed by atoms with Crippen LogP contribution in [0.2, 0.25) is 0 Å². The zero-order valence-electron chi connectivity index (χ0n) is 13.5. The Balaban J connectivity index is 0.00000242. The standard InChI is InChI=1S/C16H28N2O3.ClH/c1-13-4-9-18(10-5-13)15(19)12-17-7-2-3-14(6-8-17)11-16(20)21;/h13-14H,2-12H2,1H3,(H,20,21);1H. The van der Waals surface area contributed by atoms with Gasteiger partial charge >= 0.3 is 5.97 Å². The van der Waals surface area contributed by atoms with Crippen molar-refractivity contribution in [2.75, 3.05) is 32.7 Å². The van der Waals surface area contributed by atoms with Crippen LogP contribution in [0.3, 0.4) is 0 Å². The summed E-state index contributed by atoms with van der Waals surface area (Å²) in [6.07, 6.45) is 5.38. The molecular weight excluding hydrogens is 304 g/mol. The lowest BCUT2D eigenvalue weighted by Crippen LogP contribution is -2.44. The van der Waals surface area contributed by atoms with Crippen LogP contribution in [0.1, 0.15) is 45.4 Å². The number of likely N-dealkylation sites (tertiary alicyclic amines) is 2. The Morgan fingerprint density at radius 2 is 1.73 bits per heavy atom. The van der Waals surface area contributed by atoms with E-state index < -0.39 is 5.97 Å². The van der Waals surface area contributed by atoms with E-state index in [1.807, 2.05) is 4.90 Å². The summed E-state index contributed by atoms with van der Waals surface area (Å²) in [7, 11) is 0. The Morgan fingerprint density at radius 1 is 1.05 bits per heavy atom. The van der Waals surface area contributed by atoms with Gasteiger partial charge in [-0.3, -0.25) is 14.5 Å². The van der Waals surface area contributed by atoms with E-state index in [9.17, 15) is 9.59 Å². The highest BCUT2D eigenvalue weighted by atomic mass is 35.5. The first-order valence-electron chi connectivity index (χ1n) is 8.26. The number of piperidine rings is 1. The minimum Gasteiger partial charge on any atom is -0.481 e. The second-order valence-corrected chi connectivity index (χ2v) is 6.73. The largest absolute Gasteiger partial charge is 0.481 e. The van der Waals surface area contributed by atoms with Gasteiger partial charge in [-0.2, -0.15) is 0 Å². The van der Waals surface area contributed by atoms with Crippen molar-refractivity contribution in [2.45, 2.75) is 45.4 Å². The lowest BCUT2D eigenvalue weighted by molar-refractivity contribution is -0.138. The summed E-state index contributed by atoms with van der Waals surface area (Å²) in [4.78, 5) is 27.3. The molecule has 5 nitrogen and oxygen atoms in total. The average molecular weight is 333 g/mol. The summed E-state index contributed by atoms with van der Waals surface area (Å²) < 4.78 is 0. The number of aliphatic carboxylic acids is 1. The Morgan fingerprint density at radius 3 is 2.36 bits per heavy atom. The minimum absolute atomic E-state index is 0. The molecule has 2 aliphatic rings. The van der Waals surface area contributed by atoms with Crippen LogP contribution < -0.4 is 0 Å². The predicted molar refractivity (Wildman–Crippen MR) is 88.3 cm³/mol. The van der Waals surface area contributed by atoms with Crippen LogP contribution in [0.5, 0.6) is 0 Å². The molecule has 128 valence electrons. The van der Waals surface area contributed by atoms with E-state index >= 15 is 0 Å². The molecule has 22 heavy (non-hydrogen) atoms. The summed E-state index contributed by atoms with van der Waals surface area (Å²) in [5.41, 5.74) is 0. The summed E-state index contributed by atoms with van der Waals surface area (Å²) >= 11 is 0. The highest BCUT2D eigenvalue weighted by molar-refractivity contribution is 5.85. The lowest BCUT2D eigenvalue weighted by atomic mass is 9.97. The number of carboxylic acid groups (broad SMARTS) is 1. The van der Waals surface area contributed by atoms with Crippen LogP contribution in [0.25, 0.3) is 0 Å². The van der Waals surface area contributed by atoms with Gasteiger partial charge in [0.15, 0.2) is 0 Å². The fraction of sp³-hybridized carbons (Fsp3) is 0.875. The van der Waals surface area contributed by atoms with Gasteiger partial charge < -0.3 is 10.0 Å². The zero-order valence-corrected chi connectivity index (χ0v) is 14.3. The van der Waals surface area contributed by atoms with Crippen LogP contribution in [0, 0.1) is 11.8 Å². The third-order valence-electron chi connectivity index (χ3n) is 4.90. The highest BCUT2D eigenvalue weighted by Crippen LogP contribution is 2.21. The van der Waals surface area contributed by atoms with Gasteiger partial charge in [-0.25, -0.2) is 0 Å². The quantitative estimate of drug-likeness (QED) is 0.857. The van der Waals surface area contributed by atoms with Crippen molar-refractivity contribution in [3.05, 3.63) is 0 Å². The smallest absolute Gasteiger partial charge is 0.303 e. The maximum atomic E-state index is 12.3. The van der Waals surface area contributed by atoms with Crippen molar-refractivity contribution < 1.29 is 14.7 Å². The maximum absolute atomic E-state index is 12.3. The number of rotatable bonds is 4. The molecule has 0 bridgehead atoms. The van der Waals surface area contributed by atoms with E-state index in [1.54, 1.807) is 0 Å². The highest BCUT2D eigenvalue weighted by Gasteiger charge is 2.24. The van der Waals surface area contributed by atoms with Crippen LogP contribution in [0.4, 0.5) is 0 Å². The van der Waals surface area contributed by atoms with Gasteiger partial charge in [0, 0.05) is 19.5 Å². The molecule has 1 N–H and O–H groups in total. The Hall–Kier alpha value is -0.810. The van der Waals surface area contributed by atoms with Crippen molar-refractivity contribution in [3.8, 4) is 0 Å². The number of nitrogens with zero attached hydrogens (tertiary/aromatic N) is 2. The Labute approximate surface area is 139 Å². The summed E-state index contributed by atoms with van der Waals surface area (Å²) in [6, 6.07) is 0. The third kappa shape index (κ3) is 6.13. The first-order chi connectivity index (χ1) is 10.0. The molecule has 2 aliphatic heterocycles. The molecule has 0 spiro atoms. The van der Waals surface area contributed by atoms with Crippen LogP contribution in [-0.4, -0.2) is 59.5 Å². The van der Waals surface area contributed by atoms with Crippen LogP contribution in [0.15, 0.2) is 0 Å². The molecule has 0 aromatic carbocycles. The summed E-state index contributed by atoms with van der Waals surface area (Å²) in [5, 5.41) is 8.89. The molecule has 0 radical (unpaired) electrons. The topological polar surface area (TPSA) is 60.9 Å². The SMILES string of the molecule is CC1CCN(C(=O)CN2CCCC(CC(=O)O)CC2)CC1.Cl. The van der Waals surface area contributed by atoms with Gasteiger partial charge in [-0.05, 0) is 57.0 Å². The fourth-order valence-corrected chi connectivity index (χ4v) is 3.38. The number of amides is 1. The second kappa shape index (κ2) is 9.36. The average Bonchev–Trinajstić information content (AvgIpc) is 2.64. The van der Waals surface area contributed by atoms with E-state index in [4.69, 9.17) is 5.11 Å². The number of halogens is 1. The summed E-state index contributed by atoms with van der Waals surface area (Å²) in [6.45, 7) is 6.33. The molecule has 2 heterocycles. The normalized spacial score (nSPS) is 24.4. The molecule has 6 heteroatoms. The van der Waals surface area contributed by atoms with Gasteiger partial charge in [0.25, 0.3) is 0 Å². The van der Waals surface area contributed by atoms with Gasteiger partial charge in [-0.15, -0.1) is 12.4 Å². The van der Waals surface area contributed by atoms with E-state index in [2.05, 4.69) is 11.8 Å². The molecule has 2 rings (SSSR count). The van der Waals surface area contributed by atoms with E-state index in [0.717, 1.165) is 64.2 Å². The molecule has 0 aliphatic carbocycles. The predicted octanol–water partition coefficient (Wildman–Crippen LogP) is 2.24. The number of carboxylic acids is 1. The van der Waals surface area contributed by atoms with Crippen LogP contribution in [-0.2, 0) is 9.59 Å². The molecule has 0 aromatic rings. The van der Waals surface area contributed by atoms with Crippen molar-refractivity contribution in [1.29, 1.82) is 0 Å². The van der Waals surface area contributed by atoms with E-state index in [-0.39, 0.29) is 30.7 Å². The molecule has 2 fully saturated rings. The maximum Gasteiger partial charge on any atom is 0.303 e.